The number of carbonyl (C=O) groups excluding carboxylic acids is 1. The topological polar surface area (TPSA) is 104 Å². The van der Waals surface area contributed by atoms with Gasteiger partial charge in [-0.15, -0.1) is 0 Å². The van der Waals surface area contributed by atoms with Crippen molar-refractivity contribution in [3.8, 4) is 5.75 Å². The van der Waals surface area contributed by atoms with Crippen molar-refractivity contribution < 1.29 is 14.3 Å². The van der Waals surface area contributed by atoms with E-state index in [1.54, 1.807) is 7.11 Å². The van der Waals surface area contributed by atoms with E-state index in [-0.39, 0.29) is 12.0 Å². The normalized spacial score (nSPS) is 15.8. The molecule has 33 heavy (non-hydrogen) atoms. The van der Waals surface area contributed by atoms with Crippen LogP contribution in [0.2, 0.25) is 0 Å². The van der Waals surface area contributed by atoms with Crippen molar-refractivity contribution in [3.63, 3.8) is 0 Å². The Balaban J connectivity index is 1.50. The van der Waals surface area contributed by atoms with Gasteiger partial charge >= 0.3 is 0 Å². The summed E-state index contributed by atoms with van der Waals surface area (Å²) < 4.78 is 12.8. The molecule has 0 bridgehead atoms. The third-order valence-corrected chi connectivity index (χ3v) is 6.12. The Labute approximate surface area is 191 Å². The zero-order valence-corrected chi connectivity index (χ0v) is 18.6. The molecular formula is C25H27N5O3. The van der Waals surface area contributed by atoms with Crippen LogP contribution in [0.25, 0.3) is 22.2 Å². The van der Waals surface area contributed by atoms with Gasteiger partial charge in [0, 0.05) is 19.7 Å². The van der Waals surface area contributed by atoms with Gasteiger partial charge in [0.1, 0.15) is 22.6 Å². The lowest BCUT2D eigenvalue weighted by Gasteiger charge is -2.11. The van der Waals surface area contributed by atoms with Crippen molar-refractivity contribution in [3.05, 3.63) is 59.7 Å². The minimum Gasteiger partial charge on any atom is -0.497 e. The monoisotopic (exact) mass is 445 g/mol. The number of para-hydroxylation sites is 2. The van der Waals surface area contributed by atoms with Gasteiger partial charge in [-0.1, -0.05) is 24.3 Å². The van der Waals surface area contributed by atoms with Gasteiger partial charge in [0.15, 0.2) is 5.65 Å². The predicted octanol–water partition coefficient (Wildman–Crippen LogP) is 3.33. The van der Waals surface area contributed by atoms with Crippen molar-refractivity contribution >= 4 is 33.9 Å². The maximum Gasteiger partial charge on any atom is 0.257 e. The van der Waals surface area contributed by atoms with E-state index in [9.17, 15) is 4.79 Å². The maximum atomic E-state index is 13.2. The summed E-state index contributed by atoms with van der Waals surface area (Å²) in [7, 11) is 1.65. The molecule has 2 aromatic heterocycles. The van der Waals surface area contributed by atoms with Crippen LogP contribution < -0.4 is 15.8 Å². The van der Waals surface area contributed by atoms with E-state index in [1.807, 2.05) is 53.1 Å². The number of hydrogen-bond donors (Lipinski definition) is 2. The third-order valence-electron chi connectivity index (χ3n) is 6.12. The molecule has 4 aromatic rings. The van der Waals surface area contributed by atoms with Gasteiger partial charge in [-0.05, 0) is 49.1 Å². The van der Waals surface area contributed by atoms with Crippen LogP contribution in [0, 0.1) is 0 Å². The molecule has 1 amide bonds. The minimum absolute atomic E-state index is 0.0468. The van der Waals surface area contributed by atoms with Crippen molar-refractivity contribution in [1.29, 1.82) is 0 Å². The summed E-state index contributed by atoms with van der Waals surface area (Å²) in [5, 5.41) is 2.98. The molecule has 0 spiro atoms. The van der Waals surface area contributed by atoms with E-state index in [0.717, 1.165) is 48.2 Å². The molecule has 1 atom stereocenters. The van der Waals surface area contributed by atoms with Gasteiger partial charge in [-0.25, -0.2) is 9.97 Å². The van der Waals surface area contributed by atoms with E-state index in [4.69, 9.17) is 25.2 Å². The number of ether oxygens (including phenoxy) is 2. The molecule has 8 heteroatoms. The molecule has 0 unspecified atom stereocenters. The highest BCUT2D eigenvalue weighted by atomic mass is 16.5. The van der Waals surface area contributed by atoms with Crippen LogP contribution in [0.15, 0.2) is 48.5 Å². The fourth-order valence-corrected chi connectivity index (χ4v) is 4.30. The number of nitrogens with two attached hydrogens (primary N) is 1. The molecule has 3 heterocycles. The van der Waals surface area contributed by atoms with Gasteiger partial charge in [0.05, 0.1) is 24.2 Å². The maximum absolute atomic E-state index is 13.2. The van der Waals surface area contributed by atoms with Gasteiger partial charge in [-0.2, -0.15) is 0 Å². The highest BCUT2D eigenvalue weighted by molar-refractivity contribution is 6.10. The van der Waals surface area contributed by atoms with Crippen molar-refractivity contribution in [1.82, 2.24) is 19.9 Å². The van der Waals surface area contributed by atoms with Crippen LogP contribution in [0.5, 0.6) is 5.75 Å². The molecule has 170 valence electrons. The Hall–Kier alpha value is -3.65. The average Bonchev–Trinajstić information content (AvgIpc) is 3.46. The van der Waals surface area contributed by atoms with Crippen molar-refractivity contribution in [2.45, 2.75) is 31.9 Å². The second-order valence-corrected chi connectivity index (χ2v) is 8.24. The Morgan fingerprint density at radius 1 is 1.18 bits per heavy atom. The van der Waals surface area contributed by atoms with E-state index in [2.05, 4.69) is 5.32 Å². The lowest BCUT2D eigenvalue weighted by atomic mass is 10.1. The number of aromatic nitrogens is 3. The Bertz CT molecular complexity index is 1290. The fraction of sp³-hybridized carbons (Fsp3) is 0.320. The number of rotatable bonds is 7. The van der Waals surface area contributed by atoms with Gasteiger partial charge in [0.2, 0.25) is 0 Å². The highest BCUT2D eigenvalue weighted by Gasteiger charge is 2.25. The van der Waals surface area contributed by atoms with Gasteiger partial charge < -0.3 is 25.1 Å². The zero-order valence-electron chi connectivity index (χ0n) is 18.6. The number of nitrogens with zero attached hydrogens (tertiary/aromatic N) is 3. The van der Waals surface area contributed by atoms with Crippen LogP contribution in [0.1, 0.15) is 28.8 Å². The Morgan fingerprint density at radius 2 is 1.94 bits per heavy atom. The first kappa shape index (κ1) is 21.2. The third kappa shape index (κ3) is 4.21. The number of nitrogens with one attached hydrogen (secondary N) is 1. The molecule has 0 saturated carbocycles. The molecule has 1 aliphatic rings. The molecular weight excluding hydrogens is 418 g/mol. The van der Waals surface area contributed by atoms with Crippen LogP contribution in [0.3, 0.4) is 0 Å². The van der Waals surface area contributed by atoms with Gasteiger partial charge in [-0.3, -0.25) is 4.79 Å². The van der Waals surface area contributed by atoms with E-state index in [1.165, 1.54) is 0 Å². The van der Waals surface area contributed by atoms with Crippen LogP contribution in [-0.4, -0.2) is 46.8 Å². The SMILES string of the molecule is COc1ccc(CCn2c(N)c(C(=O)NC[C@H]3CCCO3)c3nc4ccccc4nc32)cc1. The fourth-order valence-electron chi connectivity index (χ4n) is 4.30. The standard InChI is InChI=1S/C25H27N5O3/c1-32-17-10-8-16(9-11-17)12-13-30-23(26)21(25(31)27-15-18-5-4-14-33-18)22-24(30)29-20-7-3-2-6-19(20)28-22/h2-3,6-11,18H,4-5,12-15,26H2,1H3,(H,27,31)/t18-/m1/s1. The second-order valence-electron chi connectivity index (χ2n) is 8.24. The summed E-state index contributed by atoms with van der Waals surface area (Å²) in [6.07, 6.45) is 2.74. The predicted molar refractivity (Wildman–Crippen MR) is 127 cm³/mol. The molecule has 2 aromatic carbocycles. The highest BCUT2D eigenvalue weighted by Crippen LogP contribution is 2.28. The largest absolute Gasteiger partial charge is 0.497 e. The molecule has 0 radical (unpaired) electrons. The second kappa shape index (κ2) is 9.07. The first-order valence-electron chi connectivity index (χ1n) is 11.2. The first-order valence-corrected chi connectivity index (χ1v) is 11.2. The number of fused-ring (bicyclic) bond motifs is 2. The number of nitrogen functional groups attached to an aromatic ring is 1. The summed E-state index contributed by atoms with van der Waals surface area (Å²) in [6.45, 7) is 1.77. The van der Waals surface area contributed by atoms with Gasteiger partial charge in [0.25, 0.3) is 5.91 Å². The summed E-state index contributed by atoms with van der Waals surface area (Å²) in [5.74, 6) is 0.937. The molecule has 1 aliphatic heterocycles. The summed E-state index contributed by atoms with van der Waals surface area (Å²) in [4.78, 5) is 22.8. The summed E-state index contributed by atoms with van der Waals surface area (Å²) in [5.41, 5.74) is 10.7. The number of carbonyl (C=O) groups is 1. The number of benzene rings is 2. The van der Waals surface area contributed by atoms with Crippen LogP contribution >= 0.6 is 0 Å². The quantitative estimate of drug-likeness (QED) is 0.452. The molecule has 8 nitrogen and oxygen atoms in total. The average molecular weight is 446 g/mol. The number of aryl methyl sites for hydroxylation is 2. The number of methoxy groups -OCH3 is 1. The van der Waals surface area contributed by atoms with E-state index < -0.39 is 0 Å². The molecule has 0 aliphatic carbocycles. The van der Waals surface area contributed by atoms with Crippen LogP contribution in [-0.2, 0) is 17.7 Å². The summed E-state index contributed by atoms with van der Waals surface area (Å²) in [6, 6.07) is 15.5. The van der Waals surface area contributed by atoms with Crippen molar-refractivity contribution in [2.24, 2.45) is 0 Å². The van der Waals surface area contributed by atoms with Crippen LogP contribution in [0.4, 0.5) is 5.82 Å². The Kier molecular flexibility index (Phi) is 5.83. The Morgan fingerprint density at radius 3 is 2.64 bits per heavy atom. The smallest absolute Gasteiger partial charge is 0.257 e. The molecule has 5 rings (SSSR count). The number of amides is 1. The van der Waals surface area contributed by atoms with E-state index in [0.29, 0.717) is 35.6 Å². The number of anilines is 1. The van der Waals surface area contributed by atoms with E-state index >= 15 is 0 Å². The summed E-state index contributed by atoms with van der Waals surface area (Å²) >= 11 is 0. The molecule has 1 saturated heterocycles. The zero-order chi connectivity index (χ0) is 22.8. The minimum atomic E-state index is -0.249. The lowest BCUT2D eigenvalue weighted by Crippen LogP contribution is -2.32. The molecule has 3 N–H and O–H groups in total. The van der Waals surface area contributed by atoms with Crippen molar-refractivity contribution in [2.75, 3.05) is 26.0 Å². The number of hydrogen-bond acceptors (Lipinski definition) is 6. The molecule has 1 fully saturated rings. The first-order chi connectivity index (χ1) is 16.1. The lowest BCUT2D eigenvalue weighted by molar-refractivity contribution is 0.0859.